The lowest BCUT2D eigenvalue weighted by Gasteiger charge is -2.07. The quantitative estimate of drug-likeness (QED) is 0.808. The zero-order valence-electron chi connectivity index (χ0n) is 14.0. The number of rotatable bonds is 8. The lowest BCUT2D eigenvalue weighted by Crippen LogP contribution is -2.12. The Bertz CT molecular complexity index is 687. The zero-order valence-corrected chi connectivity index (χ0v) is 14.0. The maximum absolute atomic E-state index is 12.2. The van der Waals surface area contributed by atoms with E-state index in [1.54, 1.807) is 14.0 Å². The molecular formula is C20H22O4. The number of carboxylic acids is 1. The van der Waals surface area contributed by atoms with Crippen molar-refractivity contribution in [2.24, 2.45) is 5.92 Å². The van der Waals surface area contributed by atoms with Gasteiger partial charge in [-0.25, -0.2) is 0 Å². The molecule has 2 aromatic rings. The van der Waals surface area contributed by atoms with Crippen molar-refractivity contribution in [3.8, 4) is 5.75 Å². The van der Waals surface area contributed by atoms with Crippen LogP contribution in [0.5, 0.6) is 5.75 Å². The number of Topliss-reactive ketones (excluding diaryl/α,β-unsaturated/α-hetero) is 1. The molecule has 0 amide bonds. The second kappa shape index (κ2) is 8.29. The van der Waals surface area contributed by atoms with E-state index in [-0.39, 0.29) is 5.78 Å². The maximum atomic E-state index is 12.2. The van der Waals surface area contributed by atoms with E-state index in [9.17, 15) is 9.59 Å². The summed E-state index contributed by atoms with van der Waals surface area (Å²) in [5.41, 5.74) is 2.88. The van der Waals surface area contributed by atoms with Crippen LogP contribution >= 0.6 is 0 Å². The topological polar surface area (TPSA) is 63.6 Å². The number of hydrogen-bond donors (Lipinski definition) is 1. The van der Waals surface area contributed by atoms with E-state index in [1.165, 1.54) is 0 Å². The fourth-order valence-electron chi connectivity index (χ4n) is 2.50. The molecule has 0 heterocycles. The number of hydrogen-bond acceptors (Lipinski definition) is 3. The van der Waals surface area contributed by atoms with Crippen LogP contribution in [0.25, 0.3) is 0 Å². The molecule has 2 aromatic carbocycles. The summed E-state index contributed by atoms with van der Waals surface area (Å²) in [4.78, 5) is 23.1. The van der Waals surface area contributed by atoms with Crippen LogP contribution in [-0.2, 0) is 28.9 Å². The van der Waals surface area contributed by atoms with Gasteiger partial charge in [0.2, 0.25) is 0 Å². The molecule has 0 aliphatic heterocycles. The molecule has 1 atom stereocenters. The molecule has 0 saturated carbocycles. The summed E-state index contributed by atoms with van der Waals surface area (Å²) in [6.45, 7) is 1.69. The van der Waals surface area contributed by atoms with Gasteiger partial charge < -0.3 is 9.84 Å². The van der Waals surface area contributed by atoms with Gasteiger partial charge in [-0.05, 0) is 35.2 Å². The Morgan fingerprint density at radius 1 is 0.917 bits per heavy atom. The molecule has 0 aliphatic rings. The van der Waals surface area contributed by atoms with Gasteiger partial charge in [0.15, 0.2) is 0 Å². The highest BCUT2D eigenvalue weighted by molar-refractivity contribution is 5.83. The van der Waals surface area contributed by atoms with Gasteiger partial charge in [0, 0.05) is 12.8 Å². The van der Waals surface area contributed by atoms with E-state index in [4.69, 9.17) is 9.84 Å². The van der Waals surface area contributed by atoms with Gasteiger partial charge in [-0.15, -0.1) is 0 Å². The summed E-state index contributed by atoms with van der Waals surface area (Å²) in [5.74, 6) is -0.287. The number of benzene rings is 2. The van der Waals surface area contributed by atoms with Gasteiger partial charge in [0.25, 0.3) is 0 Å². The minimum Gasteiger partial charge on any atom is -0.497 e. The average molecular weight is 326 g/mol. The number of carbonyl (C=O) groups is 2. The Labute approximate surface area is 142 Å². The van der Waals surface area contributed by atoms with Gasteiger partial charge >= 0.3 is 5.97 Å². The highest BCUT2D eigenvalue weighted by atomic mass is 16.5. The number of aliphatic carboxylic acids is 1. The van der Waals surface area contributed by atoms with E-state index >= 15 is 0 Å². The second-order valence-corrected chi connectivity index (χ2v) is 6.00. The van der Waals surface area contributed by atoms with Gasteiger partial charge in [0.05, 0.1) is 13.0 Å². The van der Waals surface area contributed by atoms with Crippen LogP contribution in [0.1, 0.15) is 23.6 Å². The van der Waals surface area contributed by atoms with Crippen molar-refractivity contribution in [1.29, 1.82) is 0 Å². The van der Waals surface area contributed by atoms with Crippen LogP contribution in [0.3, 0.4) is 0 Å². The third kappa shape index (κ3) is 5.23. The van der Waals surface area contributed by atoms with Gasteiger partial charge in [-0.2, -0.15) is 0 Å². The number of carbonyl (C=O) groups excluding carboxylic acids is 1. The number of methoxy groups -OCH3 is 1. The highest BCUT2D eigenvalue weighted by Crippen LogP contribution is 2.14. The molecule has 24 heavy (non-hydrogen) atoms. The first-order chi connectivity index (χ1) is 11.5. The minimum atomic E-state index is -0.797. The second-order valence-electron chi connectivity index (χ2n) is 6.00. The third-order valence-electron chi connectivity index (χ3n) is 3.95. The Morgan fingerprint density at radius 2 is 1.38 bits per heavy atom. The van der Waals surface area contributed by atoms with Crippen molar-refractivity contribution in [1.82, 2.24) is 0 Å². The molecule has 126 valence electrons. The Morgan fingerprint density at radius 3 is 1.83 bits per heavy atom. The van der Waals surface area contributed by atoms with Crippen LogP contribution in [0.15, 0.2) is 48.5 Å². The van der Waals surface area contributed by atoms with E-state index in [1.807, 2.05) is 48.5 Å². The standard InChI is InChI=1S/C20H22O4/c1-14(20(22)23)11-15-3-5-16(6-4-15)12-18(21)13-17-7-9-19(24-2)10-8-17/h3-10,14H,11-13H2,1-2H3,(H,22,23)/t14-/m1/s1. The summed E-state index contributed by atoms with van der Waals surface area (Å²) < 4.78 is 5.10. The molecule has 1 N–H and O–H groups in total. The summed E-state index contributed by atoms with van der Waals surface area (Å²) in [6.07, 6.45) is 1.26. The molecule has 0 saturated heterocycles. The van der Waals surface area contributed by atoms with Crippen molar-refractivity contribution in [3.05, 3.63) is 65.2 Å². The van der Waals surface area contributed by atoms with Gasteiger partial charge in [0.1, 0.15) is 11.5 Å². The summed E-state index contributed by atoms with van der Waals surface area (Å²) >= 11 is 0. The fourth-order valence-corrected chi connectivity index (χ4v) is 2.50. The first kappa shape index (κ1) is 17.7. The van der Waals surface area contributed by atoms with Crippen LogP contribution in [0.4, 0.5) is 0 Å². The molecule has 0 radical (unpaired) electrons. The molecular weight excluding hydrogens is 304 g/mol. The lowest BCUT2D eigenvalue weighted by molar-refractivity contribution is -0.141. The average Bonchev–Trinajstić information content (AvgIpc) is 2.57. The molecule has 2 rings (SSSR count). The highest BCUT2D eigenvalue weighted by Gasteiger charge is 2.12. The van der Waals surface area contributed by atoms with E-state index < -0.39 is 11.9 Å². The molecule has 0 aromatic heterocycles. The largest absolute Gasteiger partial charge is 0.497 e. The third-order valence-corrected chi connectivity index (χ3v) is 3.95. The lowest BCUT2D eigenvalue weighted by atomic mass is 9.98. The smallest absolute Gasteiger partial charge is 0.306 e. The molecule has 0 unspecified atom stereocenters. The number of carboxylic acid groups (broad SMARTS) is 1. The van der Waals surface area contributed by atoms with Crippen molar-refractivity contribution < 1.29 is 19.4 Å². The van der Waals surface area contributed by atoms with Crippen LogP contribution in [-0.4, -0.2) is 24.0 Å². The van der Waals surface area contributed by atoms with Crippen molar-refractivity contribution in [2.45, 2.75) is 26.2 Å². The van der Waals surface area contributed by atoms with Crippen molar-refractivity contribution in [2.75, 3.05) is 7.11 Å². The van der Waals surface area contributed by atoms with Crippen LogP contribution in [0.2, 0.25) is 0 Å². The molecule has 0 bridgehead atoms. The van der Waals surface area contributed by atoms with Gasteiger partial charge in [-0.1, -0.05) is 43.3 Å². The number of ketones is 1. The molecule has 4 heteroatoms. The zero-order chi connectivity index (χ0) is 17.5. The first-order valence-electron chi connectivity index (χ1n) is 7.93. The maximum Gasteiger partial charge on any atom is 0.306 e. The summed E-state index contributed by atoms with van der Waals surface area (Å²) in [5, 5.41) is 8.94. The minimum absolute atomic E-state index is 0.145. The predicted octanol–water partition coefficient (Wildman–Crippen LogP) is 3.31. The first-order valence-corrected chi connectivity index (χ1v) is 7.93. The summed E-state index contributed by atoms with van der Waals surface area (Å²) in [7, 11) is 1.61. The van der Waals surface area contributed by atoms with Crippen molar-refractivity contribution >= 4 is 11.8 Å². The molecule has 0 spiro atoms. The van der Waals surface area contributed by atoms with E-state index in [0.29, 0.717) is 19.3 Å². The molecule has 0 aliphatic carbocycles. The fraction of sp³-hybridized carbons (Fsp3) is 0.300. The van der Waals surface area contributed by atoms with Crippen molar-refractivity contribution in [3.63, 3.8) is 0 Å². The number of ether oxygens (including phenoxy) is 1. The molecule has 4 nitrogen and oxygen atoms in total. The van der Waals surface area contributed by atoms with Crippen LogP contribution < -0.4 is 4.74 Å². The Kier molecular flexibility index (Phi) is 6.13. The Hall–Kier alpha value is -2.62. The Balaban J connectivity index is 1.90. The molecule has 0 fully saturated rings. The summed E-state index contributed by atoms with van der Waals surface area (Å²) in [6, 6.07) is 15.1. The van der Waals surface area contributed by atoms with E-state index in [0.717, 1.165) is 22.4 Å². The normalized spacial score (nSPS) is 11.8. The monoisotopic (exact) mass is 326 g/mol. The SMILES string of the molecule is COc1ccc(CC(=O)Cc2ccc(C[C@@H](C)C(=O)O)cc2)cc1. The van der Waals surface area contributed by atoms with Crippen LogP contribution in [0, 0.1) is 5.92 Å². The predicted molar refractivity (Wildman–Crippen MR) is 92.4 cm³/mol. The van der Waals surface area contributed by atoms with Gasteiger partial charge in [-0.3, -0.25) is 9.59 Å². The van der Waals surface area contributed by atoms with E-state index in [2.05, 4.69) is 0 Å².